The Labute approximate surface area is 140 Å². The van der Waals surface area contributed by atoms with E-state index in [9.17, 15) is 18.0 Å². The molecule has 0 aliphatic carbocycles. The Hall–Kier alpha value is -1.18. The van der Waals surface area contributed by atoms with E-state index in [2.05, 4.69) is 0 Å². The van der Waals surface area contributed by atoms with Crippen molar-refractivity contribution < 1.29 is 27.8 Å². The molecule has 23 heavy (non-hydrogen) atoms. The maximum absolute atomic E-state index is 12.9. The van der Waals surface area contributed by atoms with Gasteiger partial charge in [-0.3, -0.25) is 9.69 Å². The number of aliphatic carboxylic acids is 1. The summed E-state index contributed by atoms with van der Waals surface area (Å²) in [6.07, 6.45) is -4.53. The average Bonchev–Trinajstić information content (AvgIpc) is 2.82. The highest BCUT2D eigenvalue weighted by molar-refractivity contribution is 6.34. The molecule has 1 heterocycles. The summed E-state index contributed by atoms with van der Waals surface area (Å²) in [5.41, 5.74) is 0. The molecule has 1 saturated heterocycles. The predicted octanol–water partition coefficient (Wildman–Crippen LogP) is 3.57. The van der Waals surface area contributed by atoms with Crippen molar-refractivity contribution in [3.05, 3.63) is 28.2 Å². The van der Waals surface area contributed by atoms with E-state index in [4.69, 9.17) is 33.0 Å². The second-order valence-electron chi connectivity index (χ2n) is 5.31. The second kappa shape index (κ2) is 7.15. The number of benzene rings is 1. The molecule has 0 bridgehead atoms. The van der Waals surface area contributed by atoms with Crippen LogP contribution in [0, 0.1) is 11.8 Å². The van der Waals surface area contributed by atoms with Gasteiger partial charge in [-0.15, -0.1) is 0 Å². The average molecular weight is 372 g/mol. The standard InChI is InChI=1S/C14H14Cl2F3NO3/c15-8-3-9(16)5-10(4-8)23-2-1-20-6-11(13(21)22)12(7-20)14(17,18)19/h3-5,11-12H,1-2,6-7H2,(H,21,22)/t11-,12-/m1/s1. The summed E-state index contributed by atoms with van der Waals surface area (Å²) >= 11 is 11.6. The van der Waals surface area contributed by atoms with Crippen LogP contribution in [0.3, 0.4) is 0 Å². The van der Waals surface area contributed by atoms with Crippen molar-refractivity contribution in [1.29, 1.82) is 0 Å². The predicted molar refractivity (Wildman–Crippen MR) is 79.1 cm³/mol. The Kier molecular flexibility index (Phi) is 5.65. The van der Waals surface area contributed by atoms with Crippen molar-refractivity contribution in [1.82, 2.24) is 4.90 Å². The van der Waals surface area contributed by atoms with Crippen molar-refractivity contribution in [3.63, 3.8) is 0 Å². The first kappa shape index (κ1) is 18.2. The second-order valence-corrected chi connectivity index (χ2v) is 6.18. The molecule has 0 spiro atoms. The zero-order valence-electron chi connectivity index (χ0n) is 11.8. The minimum Gasteiger partial charge on any atom is -0.492 e. The number of carboxylic acid groups (broad SMARTS) is 1. The first-order valence-corrected chi connectivity index (χ1v) is 7.53. The summed E-state index contributed by atoms with van der Waals surface area (Å²) < 4.78 is 44.0. The molecular formula is C14H14Cl2F3NO3. The molecule has 0 unspecified atom stereocenters. The van der Waals surface area contributed by atoms with Gasteiger partial charge in [-0.1, -0.05) is 23.2 Å². The van der Waals surface area contributed by atoms with Crippen LogP contribution in [0.4, 0.5) is 13.2 Å². The molecule has 2 rings (SSSR count). The molecule has 1 aliphatic heterocycles. The molecule has 0 saturated carbocycles. The van der Waals surface area contributed by atoms with E-state index in [0.29, 0.717) is 15.8 Å². The first-order chi connectivity index (χ1) is 10.7. The fourth-order valence-corrected chi connectivity index (χ4v) is 3.06. The van der Waals surface area contributed by atoms with Crippen LogP contribution in [-0.4, -0.2) is 48.4 Å². The maximum Gasteiger partial charge on any atom is 0.393 e. The highest BCUT2D eigenvalue weighted by Gasteiger charge is 2.52. The Bertz CT molecular complexity index is 563. The summed E-state index contributed by atoms with van der Waals surface area (Å²) in [5, 5.41) is 9.71. The zero-order chi connectivity index (χ0) is 17.2. The number of nitrogens with zero attached hydrogens (tertiary/aromatic N) is 1. The van der Waals surface area contributed by atoms with Gasteiger partial charge in [0.2, 0.25) is 0 Å². The van der Waals surface area contributed by atoms with Gasteiger partial charge in [0.1, 0.15) is 12.4 Å². The number of carboxylic acids is 1. The van der Waals surface area contributed by atoms with E-state index in [1.807, 2.05) is 0 Å². The van der Waals surface area contributed by atoms with Crippen LogP contribution in [0.15, 0.2) is 18.2 Å². The van der Waals surface area contributed by atoms with Gasteiger partial charge in [-0.05, 0) is 18.2 Å². The van der Waals surface area contributed by atoms with Gasteiger partial charge >= 0.3 is 12.1 Å². The van der Waals surface area contributed by atoms with Crippen LogP contribution >= 0.6 is 23.2 Å². The summed E-state index contributed by atoms with van der Waals surface area (Å²) in [4.78, 5) is 12.4. The normalized spacial score (nSPS) is 22.3. The Morgan fingerprint density at radius 2 is 1.87 bits per heavy atom. The minimum atomic E-state index is -4.53. The summed E-state index contributed by atoms with van der Waals surface area (Å²) in [5.74, 6) is -4.34. The lowest BCUT2D eigenvalue weighted by molar-refractivity contribution is -0.188. The highest BCUT2D eigenvalue weighted by atomic mass is 35.5. The van der Waals surface area contributed by atoms with Gasteiger partial charge in [0.25, 0.3) is 0 Å². The molecule has 2 atom stereocenters. The van der Waals surface area contributed by atoms with Gasteiger partial charge in [0.15, 0.2) is 0 Å². The third-order valence-electron chi connectivity index (χ3n) is 3.65. The monoisotopic (exact) mass is 371 g/mol. The van der Waals surface area contributed by atoms with E-state index in [1.165, 1.54) is 23.1 Å². The summed E-state index contributed by atoms with van der Waals surface area (Å²) in [7, 11) is 0. The lowest BCUT2D eigenvalue weighted by Crippen LogP contribution is -2.33. The minimum absolute atomic E-state index is 0.105. The molecule has 0 amide bonds. The molecule has 1 aliphatic rings. The number of hydrogen-bond donors (Lipinski definition) is 1. The van der Waals surface area contributed by atoms with Gasteiger partial charge in [-0.2, -0.15) is 13.2 Å². The van der Waals surface area contributed by atoms with Crippen LogP contribution < -0.4 is 4.74 Å². The topological polar surface area (TPSA) is 49.8 Å². The van der Waals surface area contributed by atoms with Crippen LogP contribution in [-0.2, 0) is 4.79 Å². The van der Waals surface area contributed by atoms with E-state index < -0.39 is 24.0 Å². The number of ether oxygens (including phenoxy) is 1. The van der Waals surface area contributed by atoms with Crippen molar-refractivity contribution in [3.8, 4) is 5.75 Å². The first-order valence-electron chi connectivity index (χ1n) is 6.77. The summed E-state index contributed by atoms with van der Waals surface area (Å²) in [6.45, 7) is -0.215. The number of hydrogen-bond acceptors (Lipinski definition) is 3. The van der Waals surface area contributed by atoms with E-state index in [1.54, 1.807) is 0 Å². The zero-order valence-corrected chi connectivity index (χ0v) is 13.3. The van der Waals surface area contributed by atoms with Gasteiger partial charge < -0.3 is 9.84 Å². The maximum atomic E-state index is 12.9. The van der Waals surface area contributed by atoms with Crippen molar-refractivity contribution in [2.75, 3.05) is 26.2 Å². The van der Waals surface area contributed by atoms with Gasteiger partial charge in [-0.25, -0.2) is 0 Å². The van der Waals surface area contributed by atoms with E-state index >= 15 is 0 Å². The van der Waals surface area contributed by atoms with Crippen molar-refractivity contribution in [2.24, 2.45) is 11.8 Å². The van der Waals surface area contributed by atoms with E-state index in [0.717, 1.165) is 0 Å². The molecule has 1 aromatic rings. The molecule has 0 radical (unpaired) electrons. The SMILES string of the molecule is O=C(O)[C@@H]1CN(CCOc2cc(Cl)cc(Cl)c2)C[C@H]1C(F)(F)F. The Morgan fingerprint density at radius 1 is 1.26 bits per heavy atom. The van der Waals surface area contributed by atoms with E-state index in [-0.39, 0.29) is 26.2 Å². The molecule has 4 nitrogen and oxygen atoms in total. The molecule has 9 heteroatoms. The number of halogens is 5. The number of rotatable bonds is 5. The molecular weight excluding hydrogens is 358 g/mol. The van der Waals surface area contributed by atoms with Crippen LogP contribution in [0.2, 0.25) is 10.0 Å². The third kappa shape index (κ3) is 4.89. The molecule has 1 fully saturated rings. The molecule has 0 aromatic heterocycles. The van der Waals surface area contributed by atoms with Crippen LogP contribution in [0.25, 0.3) is 0 Å². The largest absolute Gasteiger partial charge is 0.492 e. The van der Waals surface area contributed by atoms with Crippen LogP contribution in [0.1, 0.15) is 0 Å². The van der Waals surface area contributed by atoms with Gasteiger partial charge in [0, 0.05) is 29.7 Å². The number of alkyl halides is 3. The lowest BCUT2D eigenvalue weighted by Gasteiger charge is -2.18. The third-order valence-corrected chi connectivity index (χ3v) is 4.08. The Balaban J connectivity index is 1.90. The lowest BCUT2D eigenvalue weighted by atomic mass is 9.96. The fraction of sp³-hybridized carbons (Fsp3) is 0.500. The number of carbonyl (C=O) groups is 1. The Morgan fingerprint density at radius 3 is 2.35 bits per heavy atom. The fourth-order valence-electron chi connectivity index (χ4n) is 2.55. The van der Waals surface area contributed by atoms with Crippen LogP contribution in [0.5, 0.6) is 5.75 Å². The smallest absolute Gasteiger partial charge is 0.393 e. The summed E-state index contributed by atoms with van der Waals surface area (Å²) in [6, 6.07) is 4.60. The quantitative estimate of drug-likeness (QED) is 0.859. The highest BCUT2D eigenvalue weighted by Crippen LogP contribution is 2.37. The molecule has 128 valence electrons. The number of likely N-dealkylation sites (tertiary alicyclic amines) is 1. The molecule has 1 aromatic carbocycles. The van der Waals surface area contributed by atoms with Crippen molar-refractivity contribution >= 4 is 29.2 Å². The molecule has 1 N–H and O–H groups in total. The van der Waals surface area contributed by atoms with Gasteiger partial charge in [0.05, 0.1) is 11.8 Å². The van der Waals surface area contributed by atoms with Crippen molar-refractivity contribution in [2.45, 2.75) is 6.18 Å².